The van der Waals surface area contributed by atoms with Crippen LogP contribution in [0.4, 0.5) is 11.4 Å². The molecule has 0 atom stereocenters. The minimum atomic E-state index is -0.233. The molecule has 1 amide bonds. The van der Waals surface area contributed by atoms with Gasteiger partial charge in [0.25, 0.3) is 11.5 Å². The molecule has 1 N–H and O–H groups in total. The number of anilines is 2. The van der Waals surface area contributed by atoms with Crippen LogP contribution in [0.2, 0.25) is 0 Å². The first-order valence-electron chi connectivity index (χ1n) is 10.2. The fourth-order valence-electron chi connectivity index (χ4n) is 4.10. The second-order valence-corrected chi connectivity index (χ2v) is 8.67. The number of carbonyl (C=O) groups is 1. The molecule has 2 aromatic carbocycles. The smallest absolute Gasteiger partial charge is 0.272 e. The molecule has 0 unspecified atom stereocenters. The number of hydrogen-bond acceptors (Lipinski definition) is 6. The summed E-state index contributed by atoms with van der Waals surface area (Å²) >= 11 is 1.28. The summed E-state index contributed by atoms with van der Waals surface area (Å²) in [6, 6.07) is 11.7. The number of nitrogens with zero attached hydrogens (tertiary/aromatic N) is 3. The molecule has 0 bridgehead atoms. The van der Waals surface area contributed by atoms with Crippen molar-refractivity contribution in [3.05, 3.63) is 72.8 Å². The largest absolute Gasteiger partial charge is 0.494 e. The van der Waals surface area contributed by atoms with Crippen LogP contribution in [0.3, 0.4) is 0 Å². The van der Waals surface area contributed by atoms with E-state index in [2.05, 4.69) is 10.3 Å². The number of benzene rings is 2. The molecule has 0 aliphatic carbocycles. The number of amides is 1. The molecule has 0 saturated carbocycles. The minimum absolute atomic E-state index is 0.184. The van der Waals surface area contributed by atoms with Crippen LogP contribution in [-0.4, -0.2) is 23.7 Å². The molecule has 7 nitrogen and oxygen atoms in total. The van der Waals surface area contributed by atoms with Gasteiger partial charge >= 0.3 is 0 Å². The number of ether oxygens (including phenoxy) is 1. The van der Waals surface area contributed by atoms with E-state index in [4.69, 9.17) is 4.74 Å². The Morgan fingerprint density at radius 2 is 1.94 bits per heavy atom. The van der Waals surface area contributed by atoms with Crippen LogP contribution < -0.4 is 29.8 Å². The van der Waals surface area contributed by atoms with Crippen molar-refractivity contribution in [1.29, 1.82) is 0 Å². The van der Waals surface area contributed by atoms with E-state index >= 15 is 0 Å². The average molecular weight is 435 g/mol. The summed E-state index contributed by atoms with van der Waals surface area (Å²) in [6.45, 7) is 7.35. The fourth-order valence-corrected chi connectivity index (χ4v) is 5.16. The first-order valence-corrected chi connectivity index (χ1v) is 11.0. The number of thiazole rings is 1. The van der Waals surface area contributed by atoms with Crippen LogP contribution in [0.25, 0.3) is 5.57 Å². The lowest BCUT2D eigenvalue weighted by Crippen LogP contribution is -2.43. The highest BCUT2D eigenvalue weighted by Crippen LogP contribution is 2.33. The summed E-state index contributed by atoms with van der Waals surface area (Å²) in [7, 11) is 0. The fraction of sp³-hybridized carbons (Fsp3) is 0.261. The van der Waals surface area contributed by atoms with E-state index in [0.717, 1.165) is 33.8 Å². The summed E-state index contributed by atoms with van der Waals surface area (Å²) in [5.41, 5.74) is 4.85. The molecule has 8 heteroatoms. The predicted molar refractivity (Wildman–Crippen MR) is 121 cm³/mol. The van der Waals surface area contributed by atoms with Crippen molar-refractivity contribution in [2.24, 2.45) is 4.99 Å². The maximum Gasteiger partial charge on any atom is 0.272 e. The van der Waals surface area contributed by atoms with Crippen LogP contribution in [0.1, 0.15) is 23.6 Å². The second-order valence-electron chi connectivity index (χ2n) is 7.69. The van der Waals surface area contributed by atoms with E-state index in [1.54, 1.807) is 4.57 Å². The van der Waals surface area contributed by atoms with E-state index in [1.807, 2.05) is 62.1 Å². The van der Waals surface area contributed by atoms with Gasteiger partial charge in [0.15, 0.2) is 4.80 Å². The first-order chi connectivity index (χ1) is 15.0. The van der Waals surface area contributed by atoms with Crippen molar-refractivity contribution >= 4 is 34.2 Å². The van der Waals surface area contributed by atoms with Crippen molar-refractivity contribution < 1.29 is 9.53 Å². The van der Waals surface area contributed by atoms with Crippen LogP contribution in [0, 0.1) is 13.8 Å². The number of fused-ring (bicyclic) bond motifs is 2. The van der Waals surface area contributed by atoms with Gasteiger partial charge in [-0.15, -0.1) is 0 Å². The number of aryl methyl sites for hydroxylation is 2. The Bertz CT molecular complexity index is 1390. The Balaban J connectivity index is 1.58. The van der Waals surface area contributed by atoms with Crippen LogP contribution in [0.5, 0.6) is 5.75 Å². The Morgan fingerprint density at radius 3 is 2.68 bits per heavy atom. The molecule has 158 valence electrons. The molecular formula is C23H22N4O3S. The Morgan fingerprint density at radius 1 is 1.16 bits per heavy atom. The van der Waals surface area contributed by atoms with Gasteiger partial charge in [0, 0.05) is 11.3 Å². The maximum atomic E-state index is 13.3. The highest BCUT2D eigenvalue weighted by molar-refractivity contribution is 7.07. The van der Waals surface area contributed by atoms with Gasteiger partial charge in [-0.25, -0.2) is 4.99 Å². The predicted octanol–water partition coefficient (Wildman–Crippen LogP) is 2.13. The molecule has 1 aromatic heterocycles. The summed E-state index contributed by atoms with van der Waals surface area (Å²) < 4.78 is 7.58. The van der Waals surface area contributed by atoms with Crippen molar-refractivity contribution in [3.8, 4) is 5.75 Å². The van der Waals surface area contributed by atoms with E-state index in [-0.39, 0.29) is 11.5 Å². The Kier molecular flexibility index (Phi) is 4.66. The average Bonchev–Trinajstić information content (AvgIpc) is 3.25. The SMILES string of the molecule is CCOc1ccc(N2CN=c3s/c(=C4\C(=O)Nc5c(C)cc(C)cc54)c(=O)n3C2)cc1. The van der Waals surface area contributed by atoms with E-state index in [1.165, 1.54) is 11.3 Å². The zero-order chi connectivity index (χ0) is 21.7. The molecule has 0 spiro atoms. The molecule has 0 saturated heterocycles. The van der Waals surface area contributed by atoms with Gasteiger partial charge in [-0.1, -0.05) is 23.0 Å². The Hall–Kier alpha value is -3.39. The molecule has 2 aliphatic heterocycles. The summed E-state index contributed by atoms with van der Waals surface area (Å²) in [4.78, 5) is 33.4. The highest BCUT2D eigenvalue weighted by atomic mass is 32.1. The third-order valence-corrected chi connectivity index (χ3v) is 6.62. The lowest BCUT2D eigenvalue weighted by molar-refractivity contribution is -0.110. The molecule has 5 rings (SSSR count). The van der Waals surface area contributed by atoms with Crippen molar-refractivity contribution in [1.82, 2.24) is 4.57 Å². The van der Waals surface area contributed by atoms with Gasteiger partial charge in [0.1, 0.15) is 23.6 Å². The number of carbonyl (C=O) groups excluding carboxylic acids is 1. The number of rotatable bonds is 3. The lowest BCUT2D eigenvalue weighted by Gasteiger charge is -2.25. The molecule has 3 heterocycles. The summed E-state index contributed by atoms with van der Waals surface area (Å²) in [5, 5.41) is 2.93. The normalized spacial score (nSPS) is 16.5. The lowest BCUT2D eigenvalue weighted by atomic mass is 10.0. The summed E-state index contributed by atoms with van der Waals surface area (Å²) in [6.07, 6.45) is 0. The van der Waals surface area contributed by atoms with E-state index < -0.39 is 0 Å². The van der Waals surface area contributed by atoms with Gasteiger partial charge in [-0.05, 0) is 56.7 Å². The molecule has 31 heavy (non-hydrogen) atoms. The van der Waals surface area contributed by atoms with Gasteiger partial charge in [-0.2, -0.15) is 0 Å². The molecule has 2 aliphatic rings. The van der Waals surface area contributed by atoms with Gasteiger partial charge in [-0.3, -0.25) is 14.2 Å². The summed E-state index contributed by atoms with van der Waals surface area (Å²) in [5.74, 6) is 0.576. The molecule has 3 aromatic rings. The highest BCUT2D eigenvalue weighted by Gasteiger charge is 2.29. The topological polar surface area (TPSA) is 75.9 Å². The van der Waals surface area contributed by atoms with E-state index in [0.29, 0.717) is 34.9 Å². The maximum absolute atomic E-state index is 13.3. The first kappa shape index (κ1) is 19.6. The third kappa shape index (κ3) is 3.23. The van der Waals surface area contributed by atoms with Gasteiger partial charge in [0.05, 0.1) is 17.9 Å². The van der Waals surface area contributed by atoms with Crippen LogP contribution >= 0.6 is 11.3 Å². The van der Waals surface area contributed by atoms with E-state index in [9.17, 15) is 9.59 Å². The monoisotopic (exact) mass is 434 g/mol. The Labute approximate surface area is 182 Å². The van der Waals surface area contributed by atoms with Gasteiger partial charge < -0.3 is 15.0 Å². The van der Waals surface area contributed by atoms with Crippen LogP contribution in [0.15, 0.2) is 46.2 Å². The molecule has 0 radical (unpaired) electrons. The number of hydrogen-bond donors (Lipinski definition) is 1. The van der Waals surface area contributed by atoms with Crippen molar-refractivity contribution in [2.45, 2.75) is 27.4 Å². The second kappa shape index (κ2) is 7.39. The third-order valence-electron chi connectivity index (χ3n) is 5.51. The number of aromatic nitrogens is 1. The quantitative estimate of drug-likeness (QED) is 0.685. The zero-order valence-corrected chi connectivity index (χ0v) is 18.4. The standard InChI is InChI=1S/C23H22N4O3S/c1-4-30-16-7-5-15(6-8-16)26-11-24-23-27(12-26)22(29)20(31-23)18-17-10-13(2)9-14(3)19(17)25-21(18)28/h5-10H,4,11-12H2,1-3H3,(H,25,28)/b20-18-. The van der Waals surface area contributed by atoms with Crippen molar-refractivity contribution in [3.63, 3.8) is 0 Å². The molecule has 0 fully saturated rings. The zero-order valence-electron chi connectivity index (χ0n) is 17.6. The minimum Gasteiger partial charge on any atom is -0.494 e. The molecular weight excluding hydrogens is 412 g/mol. The number of nitrogens with one attached hydrogen (secondary N) is 1. The van der Waals surface area contributed by atoms with Gasteiger partial charge in [0.2, 0.25) is 0 Å². The van der Waals surface area contributed by atoms with Crippen LogP contribution in [-0.2, 0) is 11.5 Å². The van der Waals surface area contributed by atoms with Crippen molar-refractivity contribution in [2.75, 3.05) is 23.5 Å².